The lowest BCUT2D eigenvalue weighted by molar-refractivity contribution is -0.141. The molecule has 1 heterocycles. The van der Waals surface area contributed by atoms with E-state index in [9.17, 15) is 4.79 Å². The minimum absolute atomic E-state index is 0.136. The van der Waals surface area contributed by atoms with E-state index in [0.717, 1.165) is 24.9 Å². The lowest BCUT2D eigenvalue weighted by Gasteiger charge is -2.45. The van der Waals surface area contributed by atoms with Crippen LogP contribution in [0.1, 0.15) is 44.2 Å². The number of carbonyl (C=O) groups excluding carboxylic acids is 1. The second-order valence-corrected chi connectivity index (χ2v) is 6.34. The van der Waals surface area contributed by atoms with Crippen molar-refractivity contribution in [1.82, 2.24) is 0 Å². The van der Waals surface area contributed by atoms with E-state index >= 15 is 0 Å². The molecule has 0 spiro atoms. The number of anilines is 1. The van der Waals surface area contributed by atoms with E-state index in [2.05, 4.69) is 37.5 Å². The number of aryl methyl sites for hydroxylation is 1. The van der Waals surface area contributed by atoms with Crippen LogP contribution in [0.3, 0.4) is 0 Å². The zero-order valence-corrected chi connectivity index (χ0v) is 13.5. The van der Waals surface area contributed by atoms with Crippen molar-refractivity contribution >= 4 is 11.7 Å². The summed E-state index contributed by atoms with van der Waals surface area (Å²) in [7, 11) is 1.44. The average Bonchev–Trinajstić information content (AvgIpc) is 2.48. The van der Waals surface area contributed by atoms with E-state index < -0.39 is 0 Å². The van der Waals surface area contributed by atoms with Gasteiger partial charge in [0.1, 0.15) is 0 Å². The molecule has 0 saturated heterocycles. The maximum absolute atomic E-state index is 11.7. The predicted molar refractivity (Wildman–Crippen MR) is 86.8 cm³/mol. The van der Waals surface area contributed by atoms with Crippen LogP contribution in [0.4, 0.5) is 5.69 Å². The van der Waals surface area contributed by atoms with Crippen molar-refractivity contribution < 1.29 is 9.53 Å². The minimum atomic E-state index is -0.219. The summed E-state index contributed by atoms with van der Waals surface area (Å²) in [5.74, 6) is -0.405. The standard InChI is InChI=1S/C18H25NO2/c1-6-11-19-16-8-7-14(13(2)17(20)21-5)12-15(16)9-10-18(19,3)4/h6-8,12-13H,1,9-11H2,2-5H3. The Morgan fingerprint density at radius 2 is 2.24 bits per heavy atom. The second-order valence-electron chi connectivity index (χ2n) is 6.34. The lowest BCUT2D eigenvalue weighted by Crippen LogP contribution is -2.47. The van der Waals surface area contributed by atoms with Crippen LogP contribution >= 0.6 is 0 Å². The first-order valence-corrected chi connectivity index (χ1v) is 7.50. The van der Waals surface area contributed by atoms with Gasteiger partial charge in [-0.25, -0.2) is 0 Å². The van der Waals surface area contributed by atoms with E-state index in [0.29, 0.717) is 0 Å². The fraction of sp³-hybridized carbons (Fsp3) is 0.500. The van der Waals surface area contributed by atoms with Crippen molar-refractivity contribution in [3.8, 4) is 0 Å². The number of nitrogens with zero attached hydrogens (tertiary/aromatic N) is 1. The summed E-state index contributed by atoms with van der Waals surface area (Å²) < 4.78 is 4.84. The third-order valence-corrected chi connectivity index (χ3v) is 4.50. The smallest absolute Gasteiger partial charge is 0.312 e. The van der Waals surface area contributed by atoms with E-state index in [1.54, 1.807) is 0 Å². The molecule has 0 amide bonds. The predicted octanol–water partition coefficient (Wildman–Crippen LogP) is 3.68. The Labute approximate surface area is 127 Å². The molecule has 0 aromatic heterocycles. The van der Waals surface area contributed by atoms with Gasteiger partial charge < -0.3 is 9.64 Å². The Bertz CT molecular complexity index is 548. The summed E-state index contributed by atoms with van der Waals surface area (Å²) >= 11 is 0. The van der Waals surface area contributed by atoms with Gasteiger partial charge in [-0.3, -0.25) is 4.79 Å². The van der Waals surface area contributed by atoms with E-state index in [1.807, 2.05) is 19.1 Å². The zero-order valence-electron chi connectivity index (χ0n) is 13.5. The highest BCUT2D eigenvalue weighted by molar-refractivity contribution is 5.78. The number of methoxy groups -OCH3 is 1. The maximum Gasteiger partial charge on any atom is 0.312 e. The highest BCUT2D eigenvalue weighted by Gasteiger charge is 2.32. The summed E-state index contributed by atoms with van der Waals surface area (Å²) in [6.45, 7) is 11.1. The number of hydrogen-bond donors (Lipinski definition) is 0. The molecule has 0 fully saturated rings. The second kappa shape index (κ2) is 5.92. The van der Waals surface area contributed by atoms with Crippen LogP contribution in [-0.4, -0.2) is 25.2 Å². The Balaban J connectivity index is 2.37. The number of carbonyl (C=O) groups is 1. The Morgan fingerprint density at radius 1 is 1.52 bits per heavy atom. The fourth-order valence-corrected chi connectivity index (χ4v) is 3.03. The zero-order chi connectivity index (χ0) is 15.6. The maximum atomic E-state index is 11.7. The highest BCUT2D eigenvalue weighted by Crippen LogP contribution is 2.38. The van der Waals surface area contributed by atoms with Gasteiger partial charge in [-0.15, -0.1) is 6.58 Å². The van der Waals surface area contributed by atoms with Crippen molar-refractivity contribution in [3.05, 3.63) is 42.0 Å². The summed E-state index contributed by atoms with van der Waals surface area (Å²) in [6, 6.07) is 6.33. The van der Waals surface area contributed by atoms with Crippen LogP contribution in [-0.2, 0) is 16.0 Å². The minimum Gasteiger partial charge on any atom is -0.469 e. The van der Waals surface area contributed by atoms with Crippen LogP contribution in [0.5, 0.6) is 0 Å². The molecule has 1 aliphatic heterocycles. The lowest BCUT2D eigenvalue weighted by atomic mass is 9.85. The largest absolute Gasteiger partial charge is 0.469 e. The monoisotopic (exact) mass is 287 g/mol. The molecule has 3 heteroatoms. The molecule has 0 N–H and O–H groups in total. The molecule has 21 heavy (non-hydrogen) atoms. The van der Waals surface area contributed by atoms with Gasteiger partial charge in [-0.2, -0.15) is 0 Å². The van der Waals surface area contributed by atoms with Crippen LogP contribution < -0.4 is 4.90 Å². The molecule has 114 valence electrons. The van der Waals surface area contributed by atoms with Gasteiger partial charge in [0.05, 0.1) is 13.0 Å². The topological polar surface area (TPSA) is 29.5 Å². The molecule has 1 aromatic rings. The van der Waals surface area contributed by atoms with Gasteiger partial charge in [0, 0.05) is 17.8 Å². The first-order chi connectivity index (χ1) is 9.90. The van der Waals surface area contributed by atoms with Crippen molar-refractivity contribution in [2.75, 3.05) is 18.6 Å². The van der Waals surface area contributed by atoms with Crippen molar-refractivity contribution in [2.24, 2.45) is 0 Å². The molecular weight excluding hydrogens is 262 g/mol. The quantitative estimate of drug-likeness (QED) is 0.625. The van der Waals surface area contributed by atoms with Gasteiger partial charge >= 0.3 is 5.97 Å². The van der Waals surface area contributed by atoms with Crippen molar-refractivity contribution in [2.45, 2.75) is 45.1 Å². The van der Waals surface area contributed by atoms with E-state index in [4.69, 9.17) is 4.74 Å². The van der Waals surface area contributed by atoms with Gasteiger partial charge in [0.2, 0.25) is 0 Å². The van der Waals surface area contributed by atoms with Crippen LogP contribution in [0.2, 0.25) is 0 Å². The van der Waals surface area contributed by atoms with Gasteiger partial charge in [-0.1, -0.05) is 18.2 Å². The summed E-state index contributed by atoms with van der Waals surface area (Å²) in [5, 5.41) is 0. The first kappa shape index (κ1) is 15.6. The van der Waals surface area contributed by atoms with Crippen molar-refractivity contribution in [1.29, 1.82) is 0 Å². The van der Waals surface area contributed by atoms with Crippen molar-refractivity contribution in [3.63, 3.8) is 0 Å². The third-order valence-electron chi connectivity index (χ3n) is 4.50. The van der Waals surface area contributed by atoms with Gasteiger partial charge in [0.15, 0.2) is 0 Å². The number of rotatable bonds is 4. The molecule has 2 rings (SSSR count). The molecular formula is C18H25NO2. The molecule has 1 aliphatic rings. The highest BCUT2D eigenvalue weighted by atomic mass is 16.5. The van der Waals surface area contributed by atoms with Gasteiger partial charge in [0.25, 0.3) is 0 Å². The SMILES string of the molecule is C=CCN1c2ccc(C(C)C(=O)OC)cc2CCC1(C)C. The molecule has 0 saturated carbocycles. The number of benzene rings is 1. The summed E-state index contributed by atoms with van der Waals surface area (Å²) in [4.78, 5) is 14.1. The third kappa shape index (κ3) is 2.97. The number of esters is 1. The molecule has 0 aliphatic carbocycles. The fourth-order valence-electron chi connectivity index (χ4n) is 3.03. The molecule has 0 radical (unpaired) electrons. The van der Waals surface area contributed by atoms with E-state index in [-0.39, 0.29) is 17.4 Å². The molecule has 1 unspecified atom stereocenters. The van der Waals surface area contributed by atoms with E-state index in [1.165, 1.54) is 18.4 Å². The Kier molecular flexibility index (Phi) is 4.40. The first-order valence-electron chi connectivity index (χ1n) is 7.50. The number of ether oxygens (including phenoxy) is 1. The van der Waals surface area contributed by atoms with Crippen LogP contribution in [0.25, 0.3) is 0 Å². The average molecular weight is 287 g/mol. The number of fused-ring (bicyclic) bond motifs is 1. The molecule has 1 atom stereocenters. The number of hydrogen-bond acceptors (Lipinski definition) is 3. The Morgan fingerprint density at radius 3 is 2.86 bits per heavy atom. The molecule has 0 bridgehead atoms. The van der Waals surface area contributed by atoms with Crippen LogP contribution in [0, 0.1) is 0 Å². The summed E-state index contributed by atoms with van der Waals surface area (Å²) in [6.07, 6.45) is 4.09. The molecule has 3 nitrogen and oxygen atoms in total. The molecule has 1 aromatic carbocycles. The Hall–Kier alpha value is -1.77. The summed E-state index contributed by atoms with van der Waals surface area (Å²) in [5.41, 5.74) is 3.73. The van der Waals surface area contributed by atoms with Gasteiger partial charge in [-0.05, 0) is 50.8 Å². The van der Waals surface area contributed by atoms with Crippen LogP contribution in [0.15, 0.2) is 30.9 Å². The normalized spacial score (nSPS) is 17.8.